The van der Waals surface area contributed by atoms with Crippen LogP contribution in [0.15, 0.2) is 72.9 Å². The van der Waals surface area contributed by atoms with Gasteiger partial charge in [-0.1, -0.05) is 37.1 Å². The van der Waals surface area contributed by atoms with Crippen molar-refractivity contribution in [3.8, 4) is 5.75 Å². The van der Waals surface area contributed by atoms with Gasteiger partial charge in [-0.15, -0.1) is 0 Å². The molecule has 4 heterocycles. The number of ketones is 1. The lowest BCUT2D eigenvalue weighted by molar-refractivity contribution is -0.136. The van der Waals surface area contributed by atoms with Crippen molar-refractivity contribution >= 4 is 69.2 Å². The molecular weight excluding hydrogens is 731 g/mol. The lowest BCUT2D eigenvalue weighted by Gasteiger charge is -2.36. The minimum absolute atomic E-state index is 0.00292. The van der Waals surface area contributed by atoms with Crippen LogP contribution < -0.4 is 26.0 Å². The molecule has 3 aromatic carbocycles. The molecule has 3 aliphatic rings. The average Bonchev–Trinajstić information content (AvgIpc) is 3.47. The van der Waals surface area contributed by atoms with E-state index < -0.39 is 35.6 Å². The minimum atomic E-state index is -1.09. The number of amides is 6. The Morgan fingerprint density at radius 3 is 2.35 bits per heavy atom. The molecule has 0 saturated carbocycles. The number of imide groups is 2. The number of carbonyl (C=O) groups excluding carboxylic acids is 7. The summed E-state index contributed by atoms with van der Waals surface area (Å²) in [4.78, 5) is 97.7. The molecule has 6 amide bonds. The highest BCUT2D eigenvalue weighted by Crippen LogP contribution is 2.35. The number of benzene rings is 3. The molecule has 1 unspecified atom stereocenters. The summed E-state index contributed by atoms with van der Waals surface area (Å²) in [5.41, 5.74) is 9.20. The number of hydrogen-bond donors (Lipinski definition) is 3. The van der Waals surface area contributed by atoms with Gasteiger partial charge in [0.05, 0.1) is 27.9 Å². The summed E-state index contributed by atoms with van der Waals surface area (Å²) in [6.45, 7) is 2.19. The van der Waals surface area contributed by atoms with Gasteiger partial charge >= 0.3 is 0 Å². The normalized spacial score (nSPS) is 16.8. The number of nitrogens with zero attached hydrogens (tertiary/aromatic N) is 4. The lowest BCUT2D eigenvalue weighted by atomic mass is 10.0. The third-order valence-electron chi connectivity index (χ3n) is 10.6. The third kappa shape index (κ3) is 8.47. The zero-order valence-corrected chi connectivity index (χ0v) is 31.3. The van der Waals surface area contributed by atoms with Crippen LogP contribution in [-0.2, 0) is 19.2 Å². The highest BCUT2D eigenvalue weighted by atomic mass is 16.5. The van der Waals surface area contributed by atoms with Crippen LogP contribution in [0.1, 0.15) is 82.4 Å². The fraction of sp³-hybridized carbons (Fsp3) is 0.333. The molecule has 1 aromatic heterocycles. The molecular formula is C42H43N7O8. The fourth-order valence-corrected chi connectivity index (χ4v) is 7.52. The number of aromatic nitrogens is 1. The highest BCUT2D eigenvalue weighted by Gasteiger charge is 2.46. The number of piperazine rings is 1. The van der Waals surface area contributed by atoms with Gasteiger partial charge in [-0.05, 0) is 61.7 Å². The van der Waals surface area contributed by atoms with Gasteiger partial charge in [-0.3, -0.25) is 48.8 Å². The fourth-order valence-electron chi connectivity index (χ4n) is 7.52. The maximum Gasteiger partial charge on any atom is 0.266 e. The molecule has 2 saturated heterocycles. The number of piperidine rings is 1. The predicted octanol–water partition coefficient (Wildman–Crippen LogP) is 4.12. The van der Waals surface area contributed by atoms with E-state index in [0.717, 1.165) is 40.0 Å². The Balaban J connectivity index is 0.832. The van der Waals surface area contributed by atoms with Crippen LogP contribution >= 0.6 is 0 Å². The van der Waals surface area contributed by atoms with Crippen LogP contribution in [0.25, 0.3) is 10.9 Å². The third-order valence-corrected chi connectivity index (χ3v) is 10.6. The largest absolute Gasteiger partial charge is 0.485 e. The van der Waals surface area contributed by atoms with Crippen molar-refractivity contribution < 1.29 is 38.3 Å². The van der Waals surface area contributed by atoms with Gasteiger partial charge in [0.1, 0.15) is 18.4 Å². The van der Waals surface area contributed by atoms with Gasteiger partial charge in [0.2, 0.25) is 17.7 Å². The maximum absolute atomic E-state index is 13.2. The van der Waals surface area contributed by atoms with E-state index in [1.165, 1.54) is 18.3 Å². The van der Waals surface area contributed by atoms with E-state index in [4.69, 9.17) is 10.5 Å². The molecule has 4 aromatic rings. The van der Waals surface area contributed by atoms with Crippen LogP contribution in [0.3, 0.4) is 0 Å². The summed E-state index contributed by atoms with van der Waals surface area (Å²) in [7, 11) is 0. The number of primary amides is 1. The maximum atomic E-state index is 13.2. The number of rotatable bonds is 15. The Morgan fingerprint density at radius 2 is 1.61 bits per heavy atom. The summed E-state index contributed by atoms with van der Waals surface area (Å²) >= 11 is 0. The summed E-state index contributed by atoms with van der Waals surface area (Å²) in [5.74, 6) is -3.05. The SMILES string of the molecule is NC(=O)c1cnc2ccc(N3CCN(C(=O)CCCCCCC(=O)COc4cccc5c4C(=O)N(C4CCC(=O)NC4=O)C5=O)CC3)cc2c1Nc1ccccc1. The second-order valence-electron chi connectivity index (χ2n) is 14.3. The van der Waals surface area contributed by atoms with E-state index in [1.807, 2.05) is 53.4 Å². The molecule has 0 bridgehead atoms. The van der Waals surface area contributed by atoms with E-state index in [2.05, 4.69) is 20.5 Å². The van der Waals surface area contributed by atoms with Gasteiger partial charge in [0.25, 0.3) is 17.7 Å². The first kappa shape index (κ1) is 38.6. The number of pyridine rings is 1. The molecule has 15 nitrogen and oxygen atoms in total. The van der Waals surface area contributed by atoms with Crippen molar-refractivity contribution in [3.05, 3.63) is 89.6 Å². The van der Waals surface area contributed by atoms with Crippen LogP contribution in [0.2, 0.25) is 0 Å². The number of Topliss-reactive ketones (excluding diaryl/α,β-unsaturated/α-hetero) is 1. The number of ether oxygens (including phenoxy) is 1. The van der Waals surface area contributed by atoms with E-state index in [0.29, 0.717) is 56.7 Å². The van der Waals surface area contributed by atoms with Gasteiger partial charge in [-0.25, -0.2) is 0 Å². The summed E-state index contributed by atoms with van der Waals surface area (Å²) < 4.78 is 5.70. The average molecular weight is 774 g/mol. The van der Waals surface area contributed by atoms with Crippen molar-refractivity contribution in [2.75, 3.05) is 43.0 Å². The Labute approximate surface area is 328 Å². The van der Waals surface area contributed by atoms with Gasteiger partial charge < -0.3 is 25.6 Å². The molecule has 294 valence electrons. The molecule has 2 fully saturated rings. The van der Waals surface area contributed by atoms with Crippen LogP contribution in [-0.4, -0.2) is 94.8 Å². The van der Waals surface area contributed by atoms with Crippen LogP contribution in [0.4, 0.5) is 17.1 Å². The van der Waals surface area contributed by atoms with Crippen LogP contribution in [0.5, 0.6) is 5.75 Å². The van der Waals surface area contributed by atoms with Crippen LogP contribution in [0, 0.1) is 0 Å². The zero-order chi connectivity index (χ0) is 40.1. The summed E-state index contributed by atoms with van der Waals surface area (Å²) in [6, 6.07) is 18.9. The molecule has 0 radical (unpaired) electrons. The number of carbonyl (C=O) groups is 7. The molecule has 3 aliphatic heterocycles. The van der Waals surface area contributed by atoms with Crippen molar-refractivity contribution in [3.63, 3.8) is 0 Å². The number of nitrogens with one attached hydrogen (secondary N) is 2. The van der Waals surface area contributed by atoms with E-state index >= 15 is 0 Å². The first-order valence-corrected chi connectivity index (χ1v) is 19.2. The molecule has 0 spiro atoms. The van der Waals surface area contributed by atoms with E-state index in [1.54, 1.807) is 6.07 Å². The Morgan fingerprint density at radius 1 is 0.860 bits per heavy atom. The molecule has 57 heavy (non-hydrogen) atoms. The van der Waals surface area contributed by atoms with Crippen molar-refractivity contribution in [1.82, 2.24) is 20.1 Å². The lowest BCUT2D eigenvalue weighted by Crippen LogP contribution is -2.54. The van der Waals surface area contributed by atoms with Crippen molar-refractivity contribution in [2.24, 2.45) is 5.73 Å². The van der Waals surface area contributed by atoms with Gasteiger partial charge in [0, 0.05) is 68.4 Å². The monoisotopic (exact) mass is 773 g/mol. The number of fused-ring (bicyclic) bond motifs is 2. The quantitative estimate of drug-likeness (QED) is 0.116. The number of nitrogens with two attached hydrogens (primary N) is 1. The smallest absolute Gasteiger partial charge is 0.266 e. The summed E-state index contributed by atoms with van der Waals surface area (Å²) in [5, 5.41) is 6.29. The summed E-state index contributed by atoms with van der Waals surface area (Å²) in [6.07, 6.45) is 5.10. The second kappa shape index (κ2) is 17.0. The van der Waals surface area contributed by atoms with E-state index in [9.17, 15) is 33.6 Å². The Hall–Kier alpha value is -6.64. The molecule has 4 N–H and O–H groups in total. The van der Waals surface area contributed by atoms with Crippen molar-refractivity contribution in [2.45, 2.75) is 57.4 Å². The second-order valence-corrected chi connectivity index (χ2v) is 14.3. The first-order valence-electron chi connectivity index (χ1n) is 19.2. The molecule has 1 atom stereocenters. The van der Waals surface area contributed by atoms with Crippen molar-refractivity contribution in [1.29, 1.82) is 0 Å². The Kier molecular flexibility index (Phi) is 11.5. The minimum Gasteiger partial charge on any atom is -0.485 e. The highest BCUT2D eigenvalue weighted by molar-refractivity contribution is 6.24. The number of unbranched alkanes of at least 4 members (excludes halogenated alkanes) is 3. The van der Waals surface area contributed by atoms with E-state index in [-0.39, 0.29) is 54.4 Å². The number of hydrogen-bond acceptors (Lipinski definition) is 11. The molecule has 0 aliphatic carbocycles. The number of anilines is 3. The topological polar surface area (TPSA) is 201 Å². The first-order chi connectivity index (χ1) is 27.6. The molecule has 15 heteroatoms. The predicted molar refractivity (Wildman–Crippen MR) is 210 cm³/mol. The van der Waals surface area contributed by atoms with Gasteiger partial charge in [-0.2, -0.15) is 0 Å². The Bertz CT molecular complexity index is 2250. The standard InChI is InChI=1S/C42H43N7O8/c43-39(53)31-24-44-32-16-15-27(23-30(32)38(31)45-26-9-4-3-5-10-26)47-19-21-48(22-20-47)36(52)14-7-2-1-6-11-28(50)25-57-34-13-8-12-29-37(34)42(56)49(41(29)55)33-17-18-35(51)46-40(33)54/h3-5,8-10,12-13,15-16,23-24,33H,1-2,6-7,11,14,17-22,25H2,(H2,43,53)(H,44,45)(H,46,51,54). The van der Waals surface area contributed by atoms with Gasteiger partial charge in [0.15, 0.2) is 5.78 Å². The number of para-hydroxylation sites is 1. The molecule has 7 rings (SSSR count). The zero-order valence-electron chi connectivity index (χ0n) is 31.3.